The van der Waals surface area contributed by atoms with Crippen LogP contribution >= 0.6 is 0 Å². The monoisotopic (exact) mass is 468 g/mol. The molecule has 34 heavy (non-hydrogen) atoms. The number of aldehydes is 1. The van der Waals surface area contributed by atoms with E-state index in [2.05, 4.69) is 29.5 Å². The Morgan fingerprint density at radius 2 is 2.12 bits per heavy atom. The number of aromatic amines is 1. The third kappa shape index (κ3) is 3.49. The van der Waals surface area contributed by atoms with E-state index in [4.69, 9.17) is 0 Å². The van der Waals surface area contributed by atoms with Crippen molar-refractivity contribution in [1.29, 1.82) is 0 Å². The zero-order chi connectivity index (χ0) is 24.4. The van der Waals surface area contributed by atoms with Crippen LogP contribution in [0.25, 0.3) is 10.9 Å². The minimum atomic E-state index is -0.802. The predicted molar refractivity (Wildman–Crippen MR) is 122 cm³/mol. The van der Waals surface area contributed by atoms with Crippen LogP contribution in [0, 0.1) is 35.9 Å². The molecule has 1 saturated carbocycles. The molecule has 2 saturated heterocycles. The highest BCUT2D eigenvalue weighted by molar-refractivity contribution is 6.02. The minimum absolute atomic E-state index is 0.0265. The van der Waals surface area contributed by atoms with Gasteiger partial charge < -0.3 is 25.3 Å². The molecule has 0 spiro atoms. The van der Waals surface area contributed by atoms with Crippen LogP contribution in [0.1, 0.15) is 42.7 Å². The van der Waals surface area contributed by atoms with E-state index in [0.29, 0.717) is 31.2 Å². The van der Waals surface area contributed by atoms with E-state index in [0.717, 1.165) is 5.56 Å². The lowest BCUT2D eigenvalue weighted by Gasteiger charge is -2.30. The molecule has 5 atom stereocenters. The van der Waals surface area contributed by atoms with Crippen LogP contribution in [0.3, 0.4) is 0 Å². The van der Waals surface area contributed by atoms with E-state index >= 15 is 0 Å². The average Bonchev–Trinajstić information content (AvgIpc) is 3.32. The zero-order valence-corrected chi connectivity index (χ0v) is 19.5. The van der Waals surface area contributed by atoms with E-state index in [1.54, 1.807) is 12.1 Å². The number of nitrogens with one attached hydrogen (secondary N) is 3. The van der Waals surface area contributed by atoms with Crippen molar-refractivity contribution in [1.82, 2.24) is 20.5 Å². The summed E-state index contributed by atoms with van der Waals surface area (Å²) in [5.41, 5.74) is 1.25. The molecule has 1 aromatic carbocycles. The lowest BCUT2D eigenvalue weighted by Crippen LogP contribution is -2.52. The highest BCUT2D eigenvalue weighted by Crippen LogP contribution is 2.65. The number of hydrogen-bond acceptors (Lipinski definition) is 4. The summed E-state index contributed by atoms with van der Waals surface area (Å²) in [7, 11) is 0. The molecule has 3 fully saturated rings. The summed E-state index contributed by atoms with van der Waals surface area (Å²) in [4.78, 5) is 54.9. The Bertz CT molecular complexity index is 1170. The fraction of sp³-hybridized carbons (Fsp3) is 0.520. The van der Waals surface area contributed by atoms with E-state index in [-0.39, 0.29) is 58.5 Å². The molecule has 8 nitrogen and oxygen atoms in total. The maximum absolute atomic E-state index is 14.3. The molecule has 0 bridgehead atoms. The van der Waals surface area contributed by atoms with Gasteiger partial charge in [-0.15, -0.1) is 0 Å². The van der Waals surface area contributed by atoms with Crippen LogP contribution in [0.5, 0.6) is 0 Å². The third-order valence-electron chi connectivity index (χ3n) is 8.12. The topological polar surface area (TPSA) is 111 Å². The number of piperidine rings is 1. The first kappa shape index (κ1) is 22.6. The Hall–Kier alpha value is -3.23. The van der Waals surface area contributed by atoms with Crippen molar-refractivity contribution in [2.75, 3.05) is 13.1 Å². The number of likely N-dealkylation sites (tertiary alicyclic amines) is 1. The molecule has 0 radical (unpaired) electrons. The molecule has 3 aliphatic rings. The second-order valence-electron chi connectivity index (χ2n) is 10.5. The van der Waals surface area contributed by atoms with Gasteiger partial charge in [0.1, 0.15) is 23.8 Å². The molecule has 0 unspecified atom stereocenters. The van der Waals surface area contributed by atoms with Gasteiger partial charge in [-0.2, -0.15) is 0 Å². The highest BCUT2D eigenvalue weighted by atomic mass is 19.1. The number of amides is 3. The lowest BCUT2D eigenvalue weighted by atomic mass is 9.97. The number of benzene rings is 1. The summed E-state index contributed by atoms with van der Waals surface area (Å²) in [6.45, 7) is 6.98. The molecular formula is C25H29FN4O4. The fourth-order valence-corrected chi connectivity index (χ4v) is 5.98. The number of aromatic nitrogens is 1. The van der Waals surface area contributed by atoms with Crippen molar-refractivity contribution in [3.05, 3.63) is 35.3 Å². The van der Waals surface area contributed by atoms with Gasteiger partial charge in [0.05, 0.1) is 11.6 Å². The summed E-state index contributed by atoms with van der Waals surface area (Å²) in [5.74, 6) is -1.47. The number of hydrogen-bond donors (Lipinski definition) is 3. The second-order valence-corrected chi connectivity index (χ2v) is 10.5. The first-order valence-corrected chi connectivity index (χ1v) is 11.8. The van der Waals surface area contributed by atoms with Gasteiger partial charge in [0.2, 0.25) is 11.8 Å². The number of halogens is 1. The van der Waals surface area contributed by atoms with Crippen molar-refractivity contribution in [2.24, 2.45) is 23.2 Å². The van der Waals surface area contributed by atoms with Crippen molar-refractivity contribution < 1.29 is 23.6 Å². The molecule has 3 N–H and O–H groups in total. The quantitative estimate of drug-likeness (QED) is 0.563. The SMILES string of the molecule is Cc1ccc(F)c2[nH]c(C(=O)N3C[C@H]4[C@@H]([C@H]3C(=O)N[C@H](C=O)C[C@@H]3CCNC3=O)C4(C)C)cc12. The molecular weight excluding hydrogens is 439 g/mol. The summed E-state index contributed by atoms with van der Waals surface area (Å²) < 4.78 is 14.3. The predicted octanol–water partition coefficient (Wildman–Crippen LogP) is 1.92. The van der Waals surface area contributed by atoms with Gasteiger partial charge in [-0.1, -0.05) is 19.9 Å². The number of fused-ring (bicyclic) bond motifs is 2. The summed E-state index contributed by atoms with van der Waals surface area (Å²) in [6, 6.07) is 3.12. The number of carbonyl (C=O) groups is 4. The van der Waals surface area contributed by atoms with Crippen LogP contribution in [0.2, 0.25) is 0 Å². The molecule has 3 amide bonds. The standard InChI is InChI=1S/C25H29FN4O4/c1-12-4-5-17(26)20-15(12)9-18(29-20)24(34)30-10-16-19(25(16,2)3)21(30)23(33)28-14(11-31)8-13-6-7-27-22(13)32/h4-5,9,11,13-14,16,19,21,29H,6-8,10H2,1-3H3,(H,27,32)(H,28,33)/t13-,14-,16-,19-,21-/m0/s1. The minimum Gasteiger partial charge on any atom is -0.356 e. The maximum Gasteiger partial charge on any atom is 0.271 e. The van der Waals surface area contributed by atoms with Crippen molar-refractivity contribution in [3.63, 3.8) is 0 Å². The number of nitrogens with zero attached hydrogens (tertiary/aromatic N) is 1. The van der Waals surface area contributed by atoms with Gasteiger partial charge in [0, 0.05) is 24.4 Å². The Balaban J connectivity index is 1.38. The molecule has 3 heterocycles. The van der Waals surface area contributed by atoms with Crippen LogP contribution in [0.15, 0.2) is 18.2 Å². The van der Waals surface area contributed by atoms with Gasteiger partial charge in [-0.05, 0) is 54.7 Å². The number of carbonyl (C=O) groups excluding carboxylic acids is 4. The van der Waals surface area contributed by atoms with Gasteiger partial charge in [-0.3, -0.25) is 14.4 Å². The van der Waals surface area contributed by atoms with Crippen LogP contribution in [-0.2, 0) is 14.4 Å². The summed E-state index contributed by atoms with van der Waals surface area (Å²) in [6.07, 6.45) is 1.52. The van der Waals surface area contributed by atoms with Crippen molar-refractivity contribution >= 4 is 34.9 Å². The van der Waals surface area contributed by atoms with E-state index in [1.165, 1.54) is 11.0 Å². The van der Waals surface area contributed by atoms with Gasteiger partial charge >= 0.3 is 0 Å². The molecule has 1 aliphatic carbocycles. The van der Waals surface area contributed by atoms with Crippen LogP contribution < -0.4 is 10.6 Å². The van der Waals surface area contributed by atoms with Gasteiger partial charge in [0.15, 0.2) is 0 Å². The first-order valence-electron chi connectivity index (χ1n) is 11.8. The maximum atomic E-state index is 14.3. The molecule has 180 valence electrons. The molecule has 2 aromatic rings. The fourth-order valence-electron chi connectivity index (χ4n) is 5.98. The smallest absolute Gasteiger partial charge is 0.271 e. The Labute approximate surface area is 196 Å². The number of aryl methyl sites for hydroxylation is 1. The van der Waals surface area contributed by atoms with Gasteiger partial charge in [0.25, 0.3) is 5.91 Å². The third-order valence-corrected chi connectivity index (χ3v) is 8.12. The Kier molecular flexibility index (Phi) is 5.26. The zero-order valence-electron chi connectivity index (χ0n) is 19.5. The van der Waals surface area contributed by atoms with E-state index in [9.17, 15) is 23.6 Å². The molecule has 1 aromatic heterocycles. The number of H-pyrrole nitrogens is 1. The highest BCUT2D eigenvalue weighted by Gasteiger charge is 2.69. The van der Waals surface area contributed by atoms with Crippen molar-refractivity contribution in [2.45, 2.75) is 45.7 Å². The lowest BCUT2D eigenvalue weighted by molar-refractivity contribution is -0.129. The first-order chi connectivity index (χ1) is 16.1. The molecule has 9 heteroatoms. The van der Waals surface area contributed by atoms with Crippen molar-refractivity contribution in [3.8, 4) is 0 Å². The largest absolute Gasteiger partial charge is 0.356 e. The van der Waals surface area contributed by atoms with E-state index < -0.39 is 17.9 Å². The molecule has 5 rings (SSSR count). The Morgan fingerprint density at radius 1 is 1.35 bits per heavy atom. The summed E-state index contributed by atoms with van der Waals surface area (Å²) >= 11 is 0. The summed E-state index contributed by atoms with van der Waals surface area (Å²) in [5, 5.41) is 6.15. The van der Waals surface area contributed by atoms with Crippen LogP contribution in [0.4, 0.5) is 4.39 Å². The number of rotatable bonds is 6. The van der Waals surface area contributed by atoms with Gasteiger partial charge in [-0.25, -0.2) is 4.39 Å². The van der Waals surface area contributed by atoms with E-state index in [1.807, 2.05) is 6.92 Å². The Morgan fingerprint density at radius 3 is 2.76 bits per heavy atom. The van der Waals surface area contributed by atoms with Crippen LogP contribution in [-0.4, -0.2) is 59.1 Å². The molecule has 2 aliphatic heterocycles. The second kappa shape index (κ2) is 7.92. The normalized spacial score (nSPS) is 27.9. The average molecular weight is 469 g/mol.